The van der Waals surface area contributed by atoms with E-state index in [0.29, 0.717) is 19.6 Å². The average Bonchev–Trinajstić information content (AvgIpc) is 3.47. The number of aromatic amines is 1. The minimum absolute atomic E-state index is 0.178. The summed E-state index contributed by atoms with van der Waals surface area (Å²) in [7, 11) is 0. The number of nitrogens with one attached hydrogen (secondary N) is 2. The second-order valence-electron chi connectivity index (χ2n) is 9.73. The van der Waals surface area contributed by atoms with Crippen molar-refractivity contribution in [2.75, 3.05) is 13.2 Å². The van der Waals surface area contributed by atoms with Crippen molar-refractivity contribution in [2.45, 2.75) is 57.8 Å². The largest absolute Gasteiger partial charge is 0.465 e. The summed E-state index contributed by atoms with van der Waals surface area (Å²) in [6.45, 7) is 3.11. The Morgan fingerprint density at radius 3 is 2.89 bits per heavy atom. The summed E-state index contributed by atoms with van der Waals surface area (Å²) in [5.74, 6) is -0.350. The van der Waals surface area contributed by atoms with Gasteiger partial charge < -0.3 is 19.7 Å². The van der Waals surface area contributed by atoms with Gasteiger partial charge in [-0.1, -0.05) is 36.4 Å². The van der Waals surface area contributed by atoms with Gasteiger partial charge >= 0.3 is 6.09 Å². The Hall–Kier alpha value is -3.62. The summed E-state index contributed by atoms with van der Waals surface area (Å²) in [6, 6.07) is 13.9. The molecule has 1 aromatic heterocycles. The molecule has 2 aliphatic rings. The molecule has 5 rings (SSSR count). The average molecular weight is 504 g/mol. The lowest BCUT2D eigenvalue weighted by molar-refractivity contribution is -0.198. The highest BCUT2D eigenvalue weighted by atomic mass is 16.8. The highest BCUT2D eigenvalue weighted by molar-refractivity contribution is 5.91. The molecular weight excluding hydrogens is 470 g/mol. The number of aromatic nitrogens is 1. The van der Waals surface area contributed by atoms with Crippen molar-refractivity contribution >= 4 is 29.0 Å². The quantitative estimate of drug-likeness (QED) is 0.287. The third kappa shape index (κ3) is 5.70. The van der Waals surface area contributed by atoms with Crippen LogP contribution in [0.25, 0.3) is 17.0 Å². The number of hydrogen-bond acceptors (Lipinski definition) is 4. The maximum absolute atomic E-state index is 12.3. The Labute approximate surface area is 216 Å². The first kappa shape index (κ1) is 25.0. The molecule has 3 aromatic rings. The molecule has 0 radical (unpaired) electrons. The summed E-state index contributed by atoms with van der Waals surface area (Å²) in [5, 5.41) is 11.2. The van der Waals surface area contributed by atoms with Crippen molar-refractivity contribution in [3.8, 4) is 0 Å². The van der Waals surface area contributed by atoms with Gasteiger partial charge in [-0.2, -0.15) is 0 Å². The molecule has 2 amide bonds. The van der Waals surface area contributed by atoms with Gasteiger partial charge in [-0.25, -0.2) is 15.1 Å². The molecule has 0 bridgehead atoms. The van der Waals surface area contributed by atoms with E-state index in [2.05, 4.69) is 16.5 Å². The lowest BCUT2D eigenvalue weighted by Gasteiger charge is -2.27. The molecule has 8 heteroatoms. The molecule has 1 saturated heterocycles. The number of hydroxylamine groups is 1. The van der Waals surface area contributed by atoms with Crippen LogP contribution in [0.15, 0.2) is 48.5 Å². The lowest BCUT2D eigenvalue weighted by Crippen LogP contribution is -2.34. The van der Waals surface area contributed by atoms with Crippen molar-refractivity contribution in [1.29, 1.82) is 0 Å². The van der Waals surface area contributed by atoms with Crippen LogP contribution >= 0.6 is 0 Å². The molecule has 194 valence electrons. The van der Waals surface area contributed by atoms with Crippen LogP contribution in [0.2, 0.25) is 0 Å². The number of hydrogen-bond donors (Lipinski definition) is 3. The molecule has 3 N–H and O–H groups in total. The molecule has 2 heterocycles. The number of carbonyl (C=O) groups excluding carboxylic acids is 1. The van der Waals surface area contributed by atoms with Gasteiger partial charge in [0.2, 0.25) is 0 Å². The van der Waals surface area contributed by atoms with E-state index in [1.165, 1.54) is 6.08 Å². The Balaban J connectivity index is 1.23. The summed E-state index contributed by atoms with van der Waals surface area (Å²) >= 11 is 0. The number of H-pyrrole nitrogens is 1. The van der Waals surface area contributed by atoms with Crippen molar-refractivity contribution in [1.82, 2.24) is 15.4 Å². The molecular formula is C29H33N3O5. The highest BCUT2D eigenvalue weighted by Crippen LogP contribution is 2.37. The topological polar surface area (TPSA) is 104 Å². The van der Waals surface area contributed by atoms with Crippen molar-refractivity contribution in [2.24, 2.45) is 0 Å². The Morgan fingerprint density at radius 2 is 2.08 bits per heavy atom. The van der Waals surface area contributed by atoms with E-state index in [-0.39, 0.29) is 18.2 Å². The number of aryl methyl sites for hydroxylation is 2. The van der Waals surface area contributed by atoms with Crippen LogP contribution in [0.5, 0.6) is 0 Å². The predicted molar refractivity (Wildman–Crippen MR) is 141 cm³/mol. The van der Waals surface area contributed by atoms with E-state index in [1.807, 2.05) is 43.3 Å². The van der Waals surface area contributed by atoms with E-state index in [9.17, 15) is 14.7 Å². The maximum atomic E-state index is 12.3. The van der Waals surface area contributed by atoms with E-state index in [0.717, 1.165) is 71.0 Å². The minimum Gasteiger partial charge on any atom is -0.465 e. The number of carbonyl (C=O) groups is 2. The number of nitrogens with zero attached hydrogens (tertiary/aromatic N) is 1. The zero-order valence-electron chi connectivity index (χ0n) is 21.0. The number of benzene rings is 2. The molecule has 2 unspecified atom stereocenters. The zero-order chi connectivity index (χ0) is 25.8. The first-order chi connectivity index (χ1) is 18.0. The fourth-order valence-corrected chi connectivity index (χ4v) is 5.45. The number of fused-ring (bicyclic) bond motifs is 2. The SMILES string of the molecule is Cc1[nH]c2ccccc2c1CCN(C(=O)O)C1CCc2cc(C=CC(=O)NOC3CCCCO3)ccc21. The fourth-order valence-electron chi connectivity index (χ4n) is 5.45. The number of para-hydroxylation sites is 1. The fraction of sp³-hybridized carbons (Fsp3) is 0.379. The highest BCUT2D eigenvalue weighted by Gasteiger charge is 2.31. The normalized spacial score (nSPS) is 19.3. The Kier molecular flexibility index (Phi) is 7.58. The van der Waals surface area contributed by atoms with Gasteiger partial charge in [0.1, 0.15) is 0 Å². The van der Waals surface area contributed by atoms with Crippen LogP contribution in [0.3, 0.4) is 0 Å². The van der Waals surface area contributed by atoms with Crippen molar-refractivity contribution < 1.29 is 24.3 Å². The molecule has 0 saturated carbocycles. The molecule has 0 spiro atoms. The minimum atomic E-state index is -0.905. The van der Waals surface area contributed by atoms with Gasteiger partial charge in [0.15, 0.2) is 6.29 Å². The van der Waals surface area contributed by atoms with Crippen LogP contribution in [-0.4, -0.2) is 46.4 Å². The van der Waals surface area contributed by atoms with Gasteiger partial charge in [-0.15, -0.1) is 0 Å². The van der Waals surface area contributed by atoms with Crippen LogP contribution in [0, 0.1) is 6.92 Å². The van der Waals surface area contributed by atoms with Gasteiger partial charge in [0.05, 0.1) is 6.04 Å². The number of rotatable bonds is 8. The van der Waals surface area contributed by atoms with E-state index in [1.54, 1.807) is 11.0 Å². The second kappa shape index (κ2) is 11.2. The third-order valence-corrected chi connectivity index (χ3v) is 7.32. The molecule has 1 fully saturated rings. The van der Waals surface area contributed by atoms with Gasteiger partial charge in [-0.05, 0) is 73.4 Å². The number of amides is 2. The Morgan fingerprint density at radius 1 is 1.22 bits per heavy atom. The summed E-state index contributed by atoms with van der Waals surface area (Å²) in [6.07, 6.45) is 6.88. The van der Waals surface area contributed by atoms with Gasteiger partial charge in [0.25, 0.3) is 5.91 Å². The first-order valence-electron chi connectivity index (χ1n) is 12.9. The first-order valence-corrected chi connectivity index (χ1v) is 12.9. The molecule has 1 aliphatic heterocycles. The monoisotopic (exact) mass is 503 g/mol. The molecule has 37 heavy (non-hydrogen) atoms. The summed E-state index contributed by atoms with van der Waals surface area (Å²) < 4.78 is 5.44. The van der Waals surface area contributed by atoms with Crippen LogP contribution in [0.4, 0.5) is 4.79 Å². The van der Waals surface area contributed by atoms with Crippen molar-refractivity contribution in [3.63, 3.8) is 0 Å². The smallest absolute Gasteiger partial charge is 0.407 e. The maximum Gasteiger partial charge on any atom is 0.407 e. The van der Waals surface area contributed by atoms with Crippen LogP contribution < -0.4 is 5.48 Å². The third-order valence-electron chi connectivity index (χ3n) is 7.32. The zero-order valence-corrected chi connectivity index (χ0v) is 21.0. The van der Waals surface area contributed by atoms with Gasteiger partial charge in [-0.3, -0.25) is 4.79 Å². The van der Waals surface area contributed by atoms with E-state index in [4.69, 9.17) is 9.57 Å². The second-order valence-corrected chi connectivity index (χ2v) is 9.73. The molecule has 2 atom stereocenters. The van der Waals surface area contributed by atoms with E-state index < -0.39 is 6.09 Å². The predicted octanol–water partition coefficient (Wildman–Crippen LogP) is 5.27. The molecule has 8 nitrogen and oxygen atoms in total. The standard InChI is InChI=1S/C29H33N3O5/c1-19-22(24-6-2-3-7-25(24)30-19)15-16-32(29(34)35)26-13-11-21-18-20(9-12-23(21)26)10-14-27(33)31-37-28-8-4-5-17-36-28/h2-3,6-7,9-10,12,14,18,26,28,30H,4-5,8,11,13,15-17H2,1H3,(H,31,33)(H,34,35). The lowest BCUT2D eigenvalue weighted by atomic mass is 10.0. The molecule has 1 aliphatic carbocycles. The van der Waals surface area contributed by atoms with E-state index >= 15 is 0 Å². The summed E-state index contributed by atoms with van der Waals surface area (Å²) in [5.41, 5.74) is 8.79. The number of carboxylic acid groups (broad SMARTS) is 1. The Bertz CT molecular complexity index is 1310. The van der Waals surface area contributed by atoms with Crippen molar-refractivity contribution in [3.05, 3.63) is 76.5 Å². The summed E-state index contributed by atoms with van der Waals surface area (Å²) in [4.78, 5) is 34.7. The molecule has 2 aromatic carbocycles. The van der Waals surface area contributed by atoms with Crippen LogP contribution in [-0.2, 0) is 27.2 Å². The number of ether oxygens (including phenoxy) is 1. The van der Waals surface area contributed by atoms with Crippen LogP contribution in [0.1, 0.15) is 59.7 Å². The van der Waals surface area contributed by atoms with Gasteiger partial charge in [0, 0.05) is 42.2 Å².